The first kappa shape index (κ1) is 5.16. The third-order valence-corrected chi connectivity index (χ3v) is 1.20. The molecule has 0 fully saturated rings. The molecule has 0 amide bonds. The molecule has 1 aliphatic rings. The van der Waals surface area contributed by atoms with E-state index >= 15 is 0 Å². The lowest BCUT2D eigenvalue weighted by atomic mass is 10.5. The van der Waals surface area contributed by atoms with Crippen LogP contribution in [-0.4, -0.2) is 21.4 Å². The molecular weight excluding hydrogens is 132 g/mol. The molecule has 2 rings (SSSR count). The van der Waals surface area contributed by atoms with Gasteiger partial charge in [-0.15, -0.1) is 0 Å². The highest BCUT2D eigenvalue weighted by molar-refractivity contribution is 5.89. The number of aromatic nitrogens is 2. The van der Waals surface area contributed by atoms with Gasteiger partial charge in [0.05, 0.1) is 0 Å². The highest BCUT2D eigenvalue weighted by atomic mass is 16.3. The minimum atomic E-state index is -0.0671. The zero-order valence-corrected chi connectivity index (χ0v) is 4.94. The summed E-state index contributed by atoms with van der Waals surface area (Å²) in [5.41, 5.74) is 0.475. The number of nitrogens with zero attached hydrogens (tertiary/aromatic N) is 3. The maximum Gasteiger partial charge on any atom is 0.343 e. The van der Waals surface area contributed by atoms with E-state index in [1.807, 2.05) is 0 Å². The molecule has 1 aromatic rings. The van der Waals surface area contributed by atoms with Crippen LogP contribution in [0.5, 0.6) is 5.88 Å². The summed E-state index contributed by atoms with van der Waals surface area (Å²) >= 11 is 0. The van der Waals surface area contributed by atoms with E-state index in [1.54, 1.807) is 0 Å². The summed E-state index contributed by atoms with van der Waals surface area (Å²) in [4.78, 5) is 11.2. The van der Waals surface area contributed by atoms with Crippen LogP contribution in [0.25, 0.3) is 0 Å². The summed E-state index contributed by atoms with van der Waals surface area (Å²) in [6.07, 6.45) is 2.72. The van der Waals surface area contributed by atoms with E-state index in [-0.39, 0.29) is 5.88 Å². The van der Waals surface area contributed by atoms with Gasteiger partial charge in [0.1, 0.15) is 0 Å². The van der Waals surface area contributed by atoms with E-state index in [4.69, 9.17) is 5.11 Å². The standard InChI is InChI=1S/C5H4N4O/c10-5-3-4(7-1-6-3)8-2-9-5/h1-2,6H,(H,8,9,10)/q+1. The number of nitrogens with one attached hydrogen (secondary N) is 1. The maximum absolute atomic E-state index is 9.04. The highest BCUT2D eigenvalue weighted by Gasteiger charge is 2.21. The smallest absolute Gasteiger partial charge is 0.343 e. The Morgan fingerprint density at radius 1 is 1.50 bits per heavy atom. The first-order valence-corrected chi connectivity index (χ1v) is 2.71. The molecule has 0 unspecified atom stereocenters. The van der Waals surface area contributed by atoms with Crippen molar-refractivity contribution in [2.24, 2.45) is 0 Å². The molecule has 0 atom stereocenters. The first-order chi connectivity index (χ1) is 4.88. The second-order valence-corrected chi connectivity index (χ2v) is 1.80. The number of rotatable bonds is 0. The molecule has 2 heterocycles. The molecule has 2 N–H and O–H groups in total. The number of fused-ring (bicyclic) bond motifs is 1. The second kappa shape index (κ2) is 1.66. The zero-order valence-electron chi connectivity index (χ0n) is 4.94. The van der Waals surface area contributed by atoms with E-state index < -0.39 is 0 Å². The van der Waals surface area contributed by atoms with Crippen molar-refractivity contribution in [1.29, 1.82) is 0 Å². The minimum absolute atomic E-state index is 0.0671. The fourth-order valence-electron chi connectivity index (χ4n) is 0.752. The Balaban J connectivity index is 2.66. The lowest BCUT2D eigenvalue weighted by molar-refractivity contribution is 0.455. The molecule has 1 aromatic heterocycles. The summed E-state index contributed by atoms with van der Waals surface area (Å²) in [7, 11) is 0. The van der Waals surface area contributed by atoms with Crippen molar-refractivity contribution < 1.29 is 5.11 Å². The predicted octanol–water partition coefficient (Wildman–Crippen LogP) is -0.397. The summed E-state index contributed by atoms with van der Waals surface area (Å²) in [5, 5.41) is 11.7. The number of hydrogen-bond donors (Lipinski definition) is 2. The Bertz CT molecular complexity index is 296. The van der Waals surface area contributed by atoms with Crippen molar-refractivity contribution in [2.45, 2.75) is 0 Å². The van der Waals surface area contributed by atoms with Crippen molar-refractivity contribution >= 4 is 17.8 Å². The van der Waals surface area contributed by atoms with Gasteiger partial charge in [-0.2, -0.15) is 4.98 Å². The summed E-state index contributed by atoms with van der Waals surface area (Å²) in [5.74, 6) is 0.412. The average molecular weight is 136 g/mol. The van der Waals surface area contributed by atoms with Crippen LogP contribution in [0.4, 0.5) is 11.5 Å². The Morgan fingerprint density at radius 3 is 3.20 bits per heavy atom. The monoisotopic (exact) mass is 136 g/mol. The van der Waals surface area contributed by atoms with Gasteiger partial charge in [-0.3, -0.25) is 5.32 Å². The van der Waals surface area contributed by atoms with Crippen molar-refractivity contribution in [3.05, 3.63) is 6.33 Å². The van der Waals surface area contributed by atoms with Crippen LogP contribution in [0.2, 0.25) is 0 Å². The Kier molecular flexibility index (Phi) is 0.858. The average Bonchev–Trinajstić information content (AvgIpc) is 2.36. The van der Waals surface area contributed by atoms with Crippen LogP contribution >= 0.6 is 0 Å². The SMILES string of the molecule is Oc1ncnc2c1NC=[N+]2. The second-order valence-electron chi connectivity index (χ2n) is 1.80. The molecule has 5 nitrogen and oxygen atoms in total. The fraction of sp³-hybridized carbons (Fsp3) is 0. The summed E-state index contributed by atoms with van der Waals surface area (Å²) < 4.78 is 0. The van der Waals surface area contributed by atoms with Crippen molar-refractivity contribution in [3.63, 3.8) is 0 Å². The van der Waals surface area contributed by atoms with Gasteiger partial charge in [0.15, 0.2) is 6.33 Å². The molecule has 1 radical (unpaired) electrons. The minimum Gasteiger partial charge on any atom is -0.491 e. The van der Waals surface area contributed by atoms with Gasteiger partial charge in [-0.1, -0.05) is 9.98 Å². The topological polar surface area (TPSA) is 72.1 Å². The molecular formula is C5H4N4O+. The van der Waals surface area contributed by atoms with Crippen LogP contribution in [0.15, 0.2) is 6.33 Å². The van der Waals surface area contributed by atoms with E-state index in [2.05, 4.69) is 20.3 Å². The molecule has 10 heavy (non-hydrogen) atoms. The number of aromatic hydroxyl groups is 1. The molecule has 0 aliphatic carbocycles. The van der Waals surface area contributed by atoms with Gasteiger partial charge in [0.25, 0.3) is 5.88 Å². The normalized spacial score (nSPS) is 12.8. The third kappa shape index (κ3) is 0.540. The van der Waals surface area contributed by atoms with E-state index in [0.717, 1.165) is 0 Å². The lowest BCUT2D eigenvalue weighted by Crippen LogP contribution is -1.89. The van der Waals surface area contributed by atoms with Crippen LogP contribution in [0, 0.1) is 0 Å². The predicted molar refractivity (Wildman–Crippen MR) is 35.2 cm³/mol. The highest BCUT2D eigenvalue weighted by Crippen LogP contribution is 2.27. The number of anilines is 1. The van der Waals surface area contributed by atoms with Gasteiger partial charge < -0.3 is 5.11 Å². The molecule has 0 saturated carbocycles. The van der Waals surface area contributed by atoms with Crippen molar-refractivity contribution in [3.8, 4) is 5.88 Å². The van der Waals surface area contributed by atoms with Gasteiger partial charge >= 0.3 is 5.82 Å². The molecule has 0 bridgehead atoms. The molecule has 0 spiro atoms. The quantitative estimate of drug-likeness (QED) is 0.509. The van der Waals surface area contributed by atoms with E-state index in [0.29, 0.717) is 11.5 Å². The molecule has 0 aromatic carbocycles. The van der Waals surface area contributed by atoms with Crippen molar-refractivity contribution in [2.75, 3.05) is 5.32 Å². The van der Waals surface area contributed by atoms with Crippen LogP contribution in [0.1, 0.15) is 0 Å². The van der Waals surface area contributed by atoms with Gasteiger partial charge in [-0.25, -0.2) is 0 Å². The van der Waals surface area contributed by atoms with Gasteiger partial charge in [-0.05, 0) is 0 Å². The van der Waals surface area contributed by atoms with Gasteiger partial charge in [0, 0.05) is 0 Å². The number of hydrogen-bond acceptors (Lipinski definition) is 5. The lowest BCUT2D eigenvalue weighted by Gasteiger charge is -1.89. The van der Waals surface area contributed by atoms with Crippen LogP contribution < -0.4 is 10.3 Å². The zero-order chi connectivity index (χ0) is 6.97. The Hall–Kier alpha value is -1.65. The van der Waals surface area contributed by atoms with E-state index in [9.17, 15) is 0 Å². The van der Waals surface area contributed by atoms with Crippen molar-refractivity contribution in [1.82, 2.24) is 15.0 Å². The first-order valence-electron chi connectivity index (χ1n) is 2.71. The van der Waals surface area contributed by atoms with E-state index in [1.165, 1.54) is 12.7 Å². The fourth-order valence-corrected chi connectivity index (χ4v) is 0.752. The summed E-state index contributed by atoms with van der Waals surface area (Å²) in [6.45, 7) is 0. The van der Waals surface area contributed by atoms with Crippen LogP contribution in [0.3, 0.4) is 0 Å². The largest absolute Gasteiger partial charge is 0.491 e. The Morgan fingerprint density at radius 2 is 2.40 bits per heavy atom. The molecule has 1 aliphatic heterocycles. The molecule has 49 valence electrons. The number of aliphatic imine (C=N–C) groups is 1. The molecule has 5 heteroatoms. The van der Waals surface area contributed by atoms with Crippen LogP contribution in [-0.2, 0) is 0 Å². The summed E-state index contributed by atoms with van der Waals surface area (Å²) in [6, 6.07) is 0. The maximum atomic E-state index is 9.04. The third-order valence-electron chi connectivity index (χ3n) is 1.20. The molecule has 0 saturated heterocycles. The van der Waals surface area contributed by atoms with Gasteiger partial charge in [0.2, 0.25) is 12.0 Å². The Labute approximate surface area is 56.5 Å².